The van der Waals surface area contributed by atoms with E-state index in [2.05, 4.69) is 5.32 Å². The van der Waals surface area contributed by atoms with Gasteiger partial charge in [0, 0.05) is 12.1 Å². The largest absolute Gasteiger partial charge is 0.324 e. The molecule has 0 spiro atoms. The normalized spacial score (nSPS) is 13.9. The lowest BCUT2D eigenvalue weighted by Gasteiger charge is -2.25. The lowest BCUT2D eigenvalue weighted by Crippen LogP contribution is -2.48. The fraction of sp³-hybridized carbons (Fsp3) is 0.160. The first kappa shape index (κ1) is 19.6. The Labute approximate surface area is 175 Å². The van der Waals surface area contributed by atoms with Crippen LogP contribution in [0.25, 0.3) is 0 Å². The molecule has 0 saturated heterocycles. The van der Waals surface area contributed by atoms with Crippen molar-refractivity contribution in [1.82, 2.24) is 4.90 Å². The first-order chi connectivity index (χ1) is 14.5. The van der Waals surface area contributed by atoms with Gasteiger partial charge in [-0.25, -0.2) is 0 Å². The van der Waals surface area contributed by atoms with Gasteiger partial charge in [0.1, 0.15) is 6.04 Å². The lowest BCUT2D eigenvalue weighted by atomic mass is 10.0. The van der Waals surface area contributed by atoms with E-state index >= 15 is 0 Å². The SMILES string of the molecule is Cc1ccc(NC(=O)C(Cc2ccccc2)N2C(=O)c3ccccc3C2=O)cc1C. The number of fused-ring (bicyclic) bond motifs is 1. The summed E-state index contributed by atoms with van der Waals surface area (Å²) in [5.41, 5.74) is 4.34. The number of benzene rings is 3. The molecule has 1 heterocycles. The molecule has 150 valence electrons. The third-order valence-electron chi connectivity index (χ3n) is 5.49. The maximum atomic E-state index is 13.3. The second-order valence-corrected chi connectivity index (χ2v) is 7.52. The fourth-order valence-electron chi connectivity index (χ4n) is 3.67. The fourth-order valence-corrected chi connectivity index (χ4v) is 3.67. The average molecular weight is 398 g/mol. The Morgan fingerprint density at radius 3 is 2.03 bits per heavy atom. The van der Waals surface area contributed by atoms with E-state index in [4.69, 9.17) is 0 Å². The van der Waals surface area contributed by atoms with Gasteiger partial charge in [0.25, 0.3) is 11.8 Å². The van der Waals surface area contributed by atoms with Crippen LogP contribution < -0.4 is 5.32 Å². The number of amides is 3. The van der Waals surface area contributed by atoms with Crippen molar-refractivity contribution in [2.75, 3.05) is 5.32 Å². The second kappa shape index (κ2) is 7.95. The van der Waals surface area contributed by atoms with Crippen LogP contribution in [0.5, 0.6) is 0 Å². The molecular weight excluding hydrogens is 376 g/mol. The maximum absolute atomic E-state index is 13.3. The van der Waals surface area contributed by atoms with Crippen LogP contribution in [0.2, 0.25) is 0 Å². The summed E-state index contributed by atoms with van der Waals surface area (Å²) in [4.78, 5) is 40.4. The molecule has 1 atom stereocenters. The van der Waals surface area contributed by atoms with E-state index in [0.717, 1.165) is 21.6 Å². The summed E-state index contributed by atoms with van der Waals surface area (Å²) in [5.74, 6) is -1.27. The molecule has 3 amide bonds. The maximum Gasteiger partial charge on any atom is 0.262 e. The Kier molecular flexibility index (Phi) is 5.19. The van der Waals surface area contributed by atoms with Crippen LogP contribution >= 0.6 is 0 Å². The Hall–Kier alpha value is -3.73. The van der Waals surface area contributed by atoms with Crippen LogP contribution in [0, 0.1) is 13.8 Å². The van der Waals surface area contributed by atoms with E-state index in [9.17, 15) is 14.4 Å². The first-order valence-electron chi connectivity index (χ1n) is 9.84. The molecule has 5 nitrogen and oxygen atoms in total. The van der Waals surface area contributed by atoms with E-state index in [1.54, 1.807) is 24.3 Å². The van der Waals surface area contributed by atoms with Crippen LogP contribution in [-0.2, 0) is 11.2 Å². The van der Waals surface area contributed by atoms with Gasteiger partial charge in [-0.3, -0.25) is 19.3 Å². The van der Waals surface area contributed by atoms with Gasteiger partial charge in [-0.2, -0.15) is 0 Å². The molecule has 1 aliphatic heterocycles. The molecule has 0 aromatic heterocycles. The molecule has 4 rings (SSSR count). The number of imide groups is 1. The van der Waals surface area contributed by atoms with E-state index in [-0.39, 0.29) is 6.42 Å². The molecule has 1 aliphatic rings. The second-order valence-electron chi connectivity index (χ2n) is 7.52. The summed E-state index contributed by atoms with van der Waals surface area (Å²) in [5, 5.41) is 2.89. The molecule has 0 aliphatic carbocycles. The molecule has 0 saturated carbocycles. The zero-order chi connectivity index (χ0) is 21.3. The monoisotopic (exact) mass is 398 g/mol. The first-order valence-corrected chi connectivity index (χ1v) is 9.84. The van der Waals surface area contributed by atoms with Gasteiger partial charge in [0.2, 0.25) is 5.91 Å². The van der Waals surface area contributed by atoms with Gasteiger partial charge in [-0.15, -0.1) is 0 Å². The van der Waals surface area contributed by atoms with Gasteiger partial charge in [-0.05, 0) is 54.8 Å². The zero-order valence-corrected chi connectivity index (χ0v) is 16.9. The van der Waals surface area contributed by atoms with Crippen molar-refractivity contribution in [3.05, 3.63) is 101 Å². The van der Waals surface area contributed by atoms with Gasteiger partial charge < -0.3 is 5.32 Å². The lowest BCUT2D eigenvalue weighted by molar-refractivity contribution is -0.119. The molecule has 3 aromatic carbocycles. The number of carbonyl (C=O) groups is 3. The van der Waals surface area contributed by atoms with Crippen LogP contribution in [0.3, 0.4) is 0 Å². The highest BCUT2D eigenvalue weighted by molar-refractivity contribution is 6.23. The van der Waals surface area contributed by atoms with E-state index in [0.29, 0.717) is 16.8 Å². The zero-order valence-electron chi connectivity index (χ0n) is 16.9. The van der Waals surface area contributed by atoms with Crippen LogP contribution in [0.15, 0.2) is 72.8 Å². The van der Waals surface area contributed by atoms with Crippen molar-refractivity contribution in [3.63, 3.8) is 0 Å². The van der Waals surface area contributed by atoms with Gasteiger partial charge in [0.15, 0.2) is 0 Å². The smallest absolute Gasteiger partial charge is 0.262 e. The molecule has 3 aromatic rings. The minimum Gasteiger partial charge on any atom is -0.324 e. The molecule has 0 bridgehead atoms. The van der Waals surface area contributed by atoms with E-state index in [1.807, 2.05) is 62.4 Å². The minimum absolute atomic E-state index is 0.239. The number of nitrogens with one attached hydrogen (secondary N) is 1. The van der Waals surface area contributed by atoms with Gasteiger partial charge >= 0.3 is 0 Å². The number of hydrogen-bond donors (Lipinski definition) is 1. The van der Waals surface area contributed by atoms with E-state index in [1.165, 1.54) is 0 Å². The number of carbonyl (C=O) groups excluding carboxylic acids is 3. The topological polar surface area (TPSA) is 66.5 Å². The van der Waals surface area contributed by atoms with Crippen molar-refractivity contribution < 1.29 is 14.4 Å². The number of aryl methyl sites for hydroxylation is 2. The molecule has 30 heavy (non-hydrogen) atoms. The van der Waals surface area contributed by atoms with Gasteiger partial charge in [-0.1, -0.05) is 48.5 Å². The minimum atomic E-state index is -0.957. The third kappa shape index (κ3) is 3.62. The highest BCUT2D eigenvalue weighted by Crippen LogP contribution is 2.27. The number of anilines is 1. The Bertz CT molecular complexity index is 1100. The number of nitrogens with zero attached hydrogens (tertiary/aromatic N) is 1. The Morgan fingerprint density at radius 1 is 0.833 bits per heavy atom. The number of hydrogen-bond acceptors (Lipinski definition) is 3. The van der Waals surface area contributed by atoms with Crippen molar-refractivity contribution >= 4 is 23.4 Å². The predicted octanol–water partition coefficient (Wildman–Crippen LogP) is 4.15. The molecule has 5 heteroatoms. The summed E-state index contributed by atoms with van der Waals surface area (Å²) in [6.45, 7) is 3.97. The van der Waals surface area contributed by atoms with Gasteiger partial charge in [0.05, 0.1) is 11.1 Å². The Balaban J connectivity index is 1.68. The Morgan fingerprint density at radius 2 is 1.43 bits per heavy atom. The molecule has 1 N–H and O–H groups in total. The quantitative estimate of drug-likeness (QED) is 0.657. The molecule has 0 radical (unpaired) electrons. The highest BCUT2D eigenvalue weighted by Gasteiger charge is 2.42. The summed E-state index contributed by atoms with van der Waals surface area (Å²) >= 11 is 0. The average Bonchev–Trinajstić information content (AvgIpc) is 3.00. The molecule has 0 fully saturated rings. The summed E-state index contributed by atoms with van der Waals surface area (Å²) in [6, 6.07) is 20.7. The summed E-state index contributed by atoms with van der Waals surface area (Å²) in [7, 11) is 0. The van der Waals surface area contributed by atoms with Crippen molar-refractivity contribution in [2.45, 2.75) is 26.3 Å². The molecular formula is C25H22N2O3. The van der Waals surface area contributed by atoms with Crippen molar-refractivity contribution in [2.24, 2.45) is 0 Å². The van der Waals surface area contributed by atoms with Crippen molar-refractivity contribution in [1.29, 1.82) is 0 Å². The third-order valence-corrected chi connectivity index (χ3v) is 5.49. The predicted molar refractivity (Wildman–Crippen MR) is 115 cm³/mol. The van der Waals surface area contributed by atoms with Crippen LogP contribution in [0.4, 0.5) is 5.69 Å². The number of rotatable bonds is 5. The standard InChI is InChI=1S/C25H22N2O3/c1-16-12-13-19(14-17(16)2)26-23(28)22(15-18-8-4-3-5-9-18)27-24(29)20-10-6-7-11-21(20)25(27)30/h3-14,22H,15H2,1-2H3,(H,26,28). The molecule has 1 unspecified atom stereocenters. The van der Waals surface area contributed by atoms with E-state index < -0.39 is 23.8 Å². The van der Waals surface area contributed by atoms with Crippen LogP contribution in [0.1, 0.15) is 37.4 Å². The highest BCUT2D eigenvalue weighted by atomic mass is 16.2. The summed E-state index contributed by atoms with van der Waals surface area (Å²) in [6.07, 6.45) is 0.239. The summed E-state index contributed by atoms with van der Waals surface area (Å²) < 4.78 is 0. The van der Waals surface area contributed by atoms with Crippen LogP contribution in [-0.4, -0.2) is 28.7 Å². The van der Waals surface area contributed by atoms with Crippen molar-refractivity contribution in [3.8, 4) is 0 Å².